The average Bonchev–Trinajstić information content (AvgIpc) is 2.79. The number of hydrogen-bond acceptors (Lipinski definition) is 6. The first-order valence-corrected chi connectivity index (χ1v) is 6.31. The van der Waals surface area contributed by atoms with Gasteiger partial charge in [0.05, 0.1) is 25.6 Å². The molecule has 0 aliphatic heterocycles. The van der Waals surface area contributed by atoms with Crippen molar-refractivity contribution in [3.63, 3.8) is 0 Å². The first-order valence-electron chi connectivity index (χ1n) is 5.49. The second kappa shape index (κ2) is 5.85. The lowest BCUT2D eigenvalue weighted by atomic mass is 10.3. The second-order valence-corrected chi connectivity index (χ2v) is 4.76. The van der Waals surface area contributed by atoms with E-state index in [-0.39, 0.29) is 12.3 Å². The van der Waals surface area contributed by atoms with Gasteiger partial charge in [-0.1, -0.05) is 11.8 Å². The number of carbonyl (C=O) groups excluding carboxylic acids is 1. The Balaban J connectivity index is 2.23. The van der Waals surface area contributed by atoms with E-state index < -0.39 is 5.97 Å². The van der Waals surface area contributed by atoms with E-state index in [4.69, 9.17) is 5.11 Å². The predicted octanol–water partition coefficient (Wildman–Crippen LogP) is 1.25. The number of imidazole rings is 1. The Morgan fingerprint density at radius 3 is 2.95 bits per heavy atom. The Morgan fingerprint density at radius 1 is 1.53 bits per heavy atom. The molecular weight excluding hydrogens is 266 g/mol. The molecule has 100 valence electrons. The summed E-state index contributed by atoms with van der Waals surface area (Å²) >= 11 is 1.39. The zero-order chi connectivity index (χ0) is 13.8. The zero-order valence-electron chi connectivity index (χ0n) is 10.5. The van der Waals surface area contributed by atoms with Gasteiger partial charge in [0.15, 0.2) is 5.16 Å². The van der Waals surface area contributed by atoms with Gasteiger partial charge in [-0.3, -0.25) is 0 Å². The third kappa shape index (κ3) is 2.94. The molecular formula is C12H13N3O3S. The number of esters is 1. The Bertz CT molecular complexity index is 598. The van der Waals surface area contributed by atoms with Crippen LogP contribution in [0.1, 0.15) is 16.2 Å². The predicted molar refractivity (Wildman–Crippen MR) is 68.8 cm³/mol. The Labute approximate surface area is 114 Å². The monoisotopic (exact) mass is 279 g/mol. The number of hydrogen-bond donors (Lipinski definition) is 1. The van der Waals surface area contributed by atoms with Gasteiger partial charge in [-0.25, -0.2) is 14.8 Å². The molecule has 0 atom stereocenters. The number of methoxy groups -OCH3 is 1. The quantitative estimate of drug-likeness (QED) is 0.849. The minimum atomic E-state index is -0.474. The fourth-order valence-corrected chi connectivity index (χ4v) is 2.33. The molecule has 0 aliphatic carbocycles. The van der Waals surface area contributed by atoms with Gasteiger partial charge < -0.3 is 14.4 Å². The van der Waals surface area contributed by atoms with E-state index in [2.05, 4.69) is 14.7 Å². The van der Waals surface area contributed by atoms with Crippen LogP contribution in [0.25, 0.3) is 0 Å². The molecule has 0 spiro atoms. The molecule has 0 aliphatic rings. The Kier molecular flexibility index (Phi) is 4.18. The van der Waals surface area contributed by atoms with E-state index in [1.54, 1.807) is 29.1 Å². The van der Waals surface area contributed by atoms with Crippen LogP contribution in [0.3, 0.4) is 0 Å². The van der Waals surface area contributed by atoms with Crippen LogP contribution < -0.4 is 0 Å². The van der Waals surface area contributed by atoms with Gasteiger partial charge in [-0.05, 0) is 12.1 Å². The highest BCUT2D eigenvalue weighted by atomic mass is 32.2. The molecule has 2 heterocycles. The topological polar surface area (TPSA) is 77.2 Å². The van der Waals surface area contributed by atoms with Crippen molar-refractivity contribution in [2.75, 3.05) is 7.11 Å². The molecule has 0 radical (unpaired) electrons. The summed E-state index contributed by atoms with van der Waals surface area (Å²) in [6.07, 6.45) is 3.16. The first-order chi connectivity index (χ1) is 9.15. The number of aromatic nitrogens is 3. The van der Waals surface area contributed by atoms with E-state index in [9.17, 15) is 4.79 Å². The van der Waals surface area contributed by atoms with Crippen molar-refractivity contribution in [2.45, 2.75) is 16.7 Å². The fourth-order valence-electron chi connectivity index (χ4n) is 1.46. The van der Waals surface area contributed by atoms with Crippen molar-refractivity contribution in [3.8, 4) is 0 Å². The molecule has 0 unspecified atom stereocenters. The van der Waals surface area contributed by atoms with Crippen LogP contribution >= 0.6 is 11.8 Å². The average molecular weight is 279 g/mol. The zero-order valence-corrected chi connectivity index (χ0v) is 11.3. The summed E-state index contributed by atoms with van der Waals surface area (Å²) in [5.74, 6) is -0.474. The molecule has 0 bridgehead atoms. The maximum absolute atomic E-state index is 11.4. The summed E-state index contributed by atoms with van der Waals surface area (Å²) in [7, 11) is 3.14. The molecule has 2 rings (SSSR count). The first kappa shape index (κ1) is 13.6. The largest absolute Gasteiger partial charge is 0.464 e. The van der Waals surface area contributed by atoms with E-state index >= 15 is 0 Å². The minimum Gasteiger partial charge on any atom is -0.464 e. The molecule has 0 aromatic carbocycles. The molecule has 2 aromatic heterocycles. The Morgan fingerprint density at radius 2 is 2.32 bits per heavy atom. The molecule has 19 heavy (non-hydrogen) atoms. The van der Waals surface area contributed by atoms with E-state index in [0.29, 0.717) is 0 Å². The molecule has 0 fully saturated rings. The van der Waals surface area contributed by atoms with Crippen LogP contribution in [-0.4, -0.2) is 32.7 Å². The lowest BCUT2D eigenvalue weighted by Gasteiger charge is -2.04. The standard InChI is InChI=1S/C12H13N3O3S/c1-15-8(7-16)6-14-12(15)19-9-3-4-13-10(5-9)11(17)18-2/h3-6,16H,7H2,1-2H3. The number of rotatable bonds is 4. The highest BCUT2D eigenvalue weighted by Crippen LogP contribution is 2.26. The maximum atomic E-state index is 11.4. The Hall–Kier alpha value is -1.86. The van der Waals surface area contributed by atoms with Crippen LogP contribution in [0.5, 0.6) is 0 Å². The lowest BCUT2D eigenvalue weighted by molar-refractivity contribution is 0.0593. The molecule has 6 nitrogen and oxygen atoms in total. The van der Waals surface area contributed by atoms with Crippen LogP contribution in [0.4, 0.5) is 0 Å². The molecule has 0 amide bonds. The number of pyridine rings is 1. The fraction of sp³-hybridized carbons (Fsp3) is 0.250. The summed E-state index contributed by atoms with van der Waals surface area (Å²) in [6.45, 7) is -0.0617. The van der Waals surface area contributed by atoms with E-state index in [0.717, 1.165) is 15.7 Å². The number of aliphatic hydroxyl groups is 1. The molecule has 0 saturated carbocycles. The molecule has 7 heteroatoms. The van der Waals surface area contributed by atoms with Crippen molar-refractivity contribution in [2.24, 2.45) is 7.05 Å². The smallest absolute Gasteiger partial charge is 0.356 e. The summed E-state index contributed by atoms with van der Waals surface area (Å²) < 4.78 is 6.42. The second-order valence-electron chi connectivity index (χ2n) is 3.72. The number of ether oxygens (including phenoxy) is 1. The summed E-state index contributed by atoms with van der Waals surface area (Å²) in [5.41, 5.74) is 0.980. The summed E-state index contributed by atoms with van der Waals surface area (Å²) in [4.78, 5) is 20.4. The minimum absolute atomic E-state index is 0.0617. The van der Waals surface area contributed by atoms with Gasteiger partial charge in [-0.2, -0.15) is 0 Å². The van der Waals surface area contributed by atoms with Gasteiger partial charge in [0, 0.05) is 18.1 Å². The van der Waals surface area contributed by atoms with Crippen LogP contribution in [0.15, 0.2) is 34.6 Å². The van der Waals surface area contributed by atoms with Crippen LogP contribution in [-0.2, 0) is 18.4 Å². The van der Waals surface area contributed by atoms with Crippen LogP contribution in [0.2, 0.25) is 0 Å². The van der Waals surface area contributed by atoms with Gasteiger partial charge in [0.2, 0.25) is 0 Å². The summed E-state index contributed by atoms with van der Waals surface area (Å²) in [5, 5.41) is 9.83. The van der Waals surface area contributed by atoms with Gasteiger partial charge in [0.1, 0.15) is 5.69 Å². The summed E-state index contributed by atoms with van der Waals surface area (Å²) in [6, 6.07) is 3.42. The normalized spacial score (nSPS) is 10.5. The highest BCUT2D eigenvalue weighted by molar-refractivity contribution is 7.99. The molecule has 2 aromatic rings. The van der Waals surface area contributed by atoms with Gasteiger partial charge in [0.25, 0.3) is 0 Å². The number of carbonyl (C=O) groups is 1. The van der Waals surface area contributed by atoms with Crippen molar-refractivity contribution in [3.05, 3.63) is 35.9 Å². The van der Waals surface area contributed by atoms with Gasteiger partial charge >= 0.3 is 5.97 Å². The van der Waals surface area contributed by atoms with E-state index in [1.165, 1.54) is 18.9 Å². The van der Waals surface area contributed by atoms with Crippen molar-refractivity contribution in [1.82, 2.24) is 14.5 Å². The SMILES string of the molecule is COC(=O)c1cc(Sc2ncc(CO)n2C)ccn1. The van der Waals surface area contributed by atoms with Crippen molar-refractivity contribution < 1.29 is 14.6 Å². The maximum Gasteiger partial charge on any atom is 0.356 e. The molecule has 0 saturated heterocycles. The third-order valence-corrected chi connectivity index (χ3v) is 3.59. The third-order valence-electron chi connectivity index (χ3n) is 2.54. The number of aliphatic hydroxyl groups excluding tert-OH is 1. The van der Waals surface area contributed by atoms with E-state index in [1.807, 2.05) is 7.05 Å². The highest BCUT2D eigenvalue weighted by Gasteiger charge is 2.11. The van der Waals surface area contributed by atoms with Crippen LogP contribution in [0, 0.1) is 0 Å². The van der Waals surface area contributed by atoms with Crippen molar-refractivity contribution in [1.29, 1.82) is 0 Å². The van der Waals surface area contributed by atoms with Crippen molar-refractivity contribution >= 4 is 17.7 Å². The van der Waals surface area contributed by atoms with Gasteiger partial charge in [-0.15, -0.1) is 0 Å². The number of nitrogens with zero attached hydrogens (tertiary/aromatic N) is 3. The lowest BCUT2D eigenvalue weighted by Crippen LogP contribution is -2.03. The molecule has 1 N–H and O–H groups in total.